The van der Waals surface area contributed by atoms with E-state index in [1.54, 1.807) is 0 Å². The highest BCUT2D eigenvalue weighted by Gasteiger charge is 2.55. The Bertz CT molecular complexity index is 654. The molecule has 0 aliphatic heterocycles. The van der Waals surface area contributed by atoms with Crippen molar-refractivity contribution in [1.82, 2.24) is 0 Å². The maximum absolute atomic E-state index is 10.8. The van der Waals surface area contributed by atoms with Crippen LogP contribution in [0.4, 0.5) is 0 Å². The monoisotopic (exact) mass is 334 g/mol. The minimum absolute atomic E-state index is 0.0243. The average Bonchev–Trinajstić information content (AvgIpc) is 2.48. The van der Waals surface area contributed by atoms with Crippen molar-refractivity contribution in [2.45, 2.75) is 70.8 Å². The van der Waals surface area contributed by atoms with Crippen molar-refractivity contribution in [2.75, 3.05) is 6.61 Å². The zero-order valence-corrected chi connectivity index (χ0v) is 15.1. The summed E-state index contributed by atoms with van der Waals surface area (Å²) in [7, 11) is 0. The predicted octanol–water partition coefficient (Wildman–Crippen LogP) is 3.19. The van der Waals surface area contributed by atoms with Crippen molar-refractivity contribution < 1.29 is 20.4 Å². The number of benzene rings is 1. The summed E-state index contributed by atoms with van der Waals surface area (Å²) in [6.07, 6.45) is 2.37. The van der Waals surface area contributed by atoms with E-state index < -0.39 is 11.5 Å². The van der Waals surface area contributed by atoms with Gasteiger partial charge in [0.2, 0.25) is 0 Å². The smallest absolute Gasteiger partial charge is 0.161 e. The lowest BCUT2D eigenvalue weighted by atomic mass is 9.49. The van der Waals surface area contributed by atoms with E-state index in [2.05, 4.69) is 6.92 Å². The van der Waals surface area contributed by atoms with E-state index in [1.165, 1.54) is 0 Å². The van der Waals surface area contributed by atoms with Crippen LogP contribution in [-0.2, 0) is 11.8 Å². The van der Waals surface area contributed by atoms with E-state index in [0.29, 0.717) is 12.8 Å². The summed E-state index contributed by atoms with van der Waals surface area (Å²) in [5.74, 6) is 0.238. The topological polar surface area (TPSA) is 80.9 Å². The van der Waals surface area contributed by atoms with Crippen LogP contribution < -0.4 is 0 Å². The van der Waals surface area contributed by atoms with Gasteiger partial charge in [0.15, 0.2) is 11.5 Å². The number of hydrogen-bond donors (Lipinski definition) is 4. The van der Waals surface area contributed by atoms with Crippen LogP contribution in [0.3, 0.4) is 0 Å². The van der Waals surface area contributed by atoms with Gasteiger partial charge in [-0.25, -0.2) is 0 Å². The van der Waals surface area contributed by atoms with Gasteiger partial charge in [0.05, 0.1) is 6.10 Å². The summed E-state index contributed by atoms with van der Waals surface area (Å²) in [6.45, 7) is 8.13. The SMILES string of the molecule is CC(C)c1cc2c(c(O)c1O)[C@@]1(C)C[C@H](O)C[C@@](C)(CO)C1CC2. The fourth-order valence-corrected chi connectivity index (χ4v) is 5.58. The maximum atomic E-state index is 10.8. The van der Waals surface area contributed by atoms with Crippen LogP contribution in [0.2, 0.25) is 0 Å². The lowest BCUT2D eigenvalue weighted by molar-refractivity contribution is -0.0740. The van der Waals surface area contributed by atoms with Crippen LogP contribution in [0.1, 0.15) is 69.6 Å². The van der Waals surface area contributed by atoms with Gasteiger partial charge >= 0.3 is 0 Å². The van der Waals surface area contributed by atoms with Crippen LogP contribution in [0.5, 0.6) is 11.5 Å². The molecule has 0 bridgehead atoms. The van der Waals surface area contributed by atoms with E-state index >= 15 is 0 Å². The maximum Gasteiger partial charge on any atom is 0.161 e. The van der Waals surface area contributed by atoms with Crippen molar-refractivity contribution in [2.24, 2.45) is 11.3 Å². The number of fused-ring (bicyclic) bond motifs is 3. The lowest BCUT2D eigenvalue weighted by Gasteiger charge is -2.56. The Hall–Kier alpha value is -1.26. The van der Waals surface area contributed by atoms with Gasteiger partial charge in [0, 0.05) is 23.1 Å². The second kappa shape index (κ2) is 5.63. The van der Waals surface area contributed by atoms with Crippen LogP contribution in [0.25, 0.3) is 0 Å². The van der Waals surface area contributed by atoms with Gasteiger partial charge in [0.1, 0.15) is 0 Å². The molecule has 1 fully saturated rings. The third kappa shape index (κ3) is 2.34. The molecule has 0 amide bonds. The third-order valence-corrected chi connectivity index (χ3v) is 6.61. The van der Waals surface area contributed by atoms with Crippen molar-refractivity contribution in [3.05, 3.63) is 22.8 Å². The zero-order valence-electron chi connectivity index (χ0n) is 15.1. The Kier molecular flexibility index (Phi) is 4.12. The Labute approximate surface area is 144 Å². The molecule has 134 valence electrons. The fraction of sp³-hybridized carbons (Fsp3) is 0.700. The predicted molar refractivity (Wildman–Crippen MR) is 93.5 cm³/mol. The number of phenolic OH excluding ortho intramolecular Hbond substituents is 2. The van der Waals surface area contributed by atoms with Gasteiger partial charge in [0.25, 0.3) is 0 Å². The molecular formula is C20H30O4. The van der Waals surface area contributed by atoms with Crippen LogP contribution in [0, 0.1) is 11.3 Å². The number of aromatic hydroxyl groups is 2. The van der Waals surface area contributed by atoms with Gasteiger partial charge in [-0.2, -0.15) is 0 Å². The highest BCUT2D eigenvalue weighted by molar-refractivity contribution is 5.59. The Morgan fingerprint density at radius 2 is 1.83 bits per heavy atom. The largest absolute Gasteiger partial charge is 0.504 e. The first-order valence-corrected chi connectivity index (χ1v) is 9.01. The molecule has 1 aromatic rings. The number of phenols is 2. The second-order valence-electron chi connectivity index (χ2n) is 8.73. The minimum Gasteiger partial charge on any atom is -0.504 e. The number of hydrogen-bond acceptors (Lipinski definition) is 4. The van der Waals surface area contributed by atoms with E-state index in [4.69, 9.17) is 0 Å². The van der Waals surface area contributed by atoms with Gasteiger partial charge in [-0.15, -0.1) is 0 Å². The van der Waals surface area contributed by atoms with Gasteiger partial charge in [-0.05, 0) is 48.5 Å². The Balaban J connectivity index is 2.21. The minimum atomic E-state index is -0.513. The molecule has 4 heteroatoms. The molecule has 4 atom stereocenters. The average molecular weight is 334 g/mol. The Morgan fingerprint density at radius 1 is 1.17 bits per heavy atom. The molecule has 0 spiro atoms. The summed E-state index contributed by atoms with van der Waals surface area (Å²) in [6, 6.07) is 2.02. The number of aliphatic hydroxyl groups excluding tert-OH is 2. The van der Waals surface area contributed by atoms with Crippen molar-refractivity contribution in [1.29, 1.82) is 0 Å². The summed E-state index contributed by atoms with van der Waals surface area (Å²) in [4.78, 5) is 0. The molecule has 0 heterocycles. The van der Waals surface area contributed by atoms with Crippen LogP contribution in [0.15, 0.2) is 6.07 Å². The first kappa shape index (κ1) is 17.6. The molecule has 24 heavy (non-hydrogen) atoms. The summed E-state index contributed by atoms with van der Waals surface area (Å²) < 4.78 is 0. The molecule has 4 nitrogen and oxygen atoms in total. The molecule has 2 aliphatic carbocycles. The molecule has 3 rings (SSSR count). The first-order valence-electron chi connectivity index (χ1n) is 9.01. The summed E-state index contributed by atoms with van der Waals surface area (Å²) in [5.41, 5.74) is 1.80. The zero-order chi connectivity index (χ0) is 17.9. The van der Waals surface area contributed by atoms with Gasteiger partial charge in [-0.3, -0.25) is 0 Å². The van der Waals surface area contributed by atoms with Crippen LogP contribution in [-0.4, -0.2) is 33.1 Å². The van der Waals surface area contributed by atoms with Crippen molar-refractivity contribution >= 4 is 0 Å². The van der Waals surface area contributed by atoms with E-state index in [-0.39, 0.29) is 35.4 Å². The first-order chi connectivity index (χ1) is 11.1. The molecule has 0 radical (unpaired) electrons. The van der Waals surface area contributed by atoms with Gasteiger partial charge < -0.3 is 20.4 Å². The molecule has 1 saturated carbocycles. The third-order valence-electron chi connectivity index (χ3n) is 6.61. The molecule has 4 N–H and O–H groups in total. The van der Waals surface area contributed by atoms with Crippen molar-refractivity contribution in [3.8, 4) is 11.5 Å². The second-order valence-corrected chi connectivity index (χ2v) is 8.73. The van der Waals surface area contributed by atoms with E-state index in [9.17, 15) is 20.4 Å². The highest BCUT2D eigenvalue weighted by Crippen LogP contribution is 2.60. The molecule has 1 unspecified atom stereocenters. The summed E-state index contributed by atoms with van der Waals surface area (Å²) in [5, 5.41) is 41.8. The highest BCUT2D eigenvalue weighted by atomic mass is 16.3. The number of aliphatic hydroxyl groups is 2. The Morgan fingerprint density at radius 3 is 2.42 bits per heavy atom. The van der Waals surface area contributed by atoms with Gasteiger partial charge in [-0.1, -0.05) is 33.8 Å². The van der Waals surface area contributed by atoms with Crippen molar-refractivity contribution in [3.63, 3.8) is 0 Å². The molecule has 1 aromatic carbocycles. The van der Waals surface area contributed by atoms with Crippen LogP contribution >= 0.6 is 0 Å². The molecule has 0 aromatic heterocycles. The quantitative estimate of drug-likeness (QED) is 0.626. The standard InChI is InChI=1S/C20H30O4/c1-11(2)14-7-12-5-6-15-19(3,10-21)8-13(22)9-20(15,4)16(12)18(24)17(14)23/h7,11,13,15,21-24H,5-6,8-10H2,1-4H3/t13-,15?,19+,20+/m1/s1. The fourth-order valence-electron chi connectivity index (χ4n) is 5.58. The number of aryl methyl sites for hydroxylation is 1. The summed E-state index contributed by atoms with van der Waals surface area (Å²) >= 11 is 0. The molecule has 0 saturated heterocycles. The number of rotatable bonds is 2. The molecule has 2 aliphatic rings. The normalized spacial score (nSPS) is 35.6. The van der Waals surface area contributed by atoms with E-state index in [0.717, 1.165) is 29.5 Å². The lowest BCUT2D eigenvalue weighted by Crippen LogP contribution is -2.54. The van der Waals surface area contributed by atoms with E-state index in [1.807, 2.05) is 26.8 Å². The molecular weight excluding hydrogens is 304 g/mol.